The highest BCUT2D eigenvalue weighted by Crippen LogP contribution is 2.24. The zero-order chi connectivity index (χ0) is 11.7. The molecule has 4 heteroatoms. The monoisotopic (exact) mass is 225 g/mol. The molecule has 0 aromatic rings. The van der Waals surface area contributed by atoms with Crippen LogP contribution in [0.1, 0.15) is 26.7 Å². The van der Waals surface area contributed by atoms with E-state index in [0.29, 0.717) is 12.0 Å². The molecule has 2 saturated heterocycles. The molecule has 2 unspecified atom stereocenters. The topological polar surface area (TPSA) is 58.4 Å². The maximum absolute atomic E-state index is 12.1. The molecule has 0 spiro atoms. The summed E-state index contributed by atoms with van der Waals surface area (Å²) in [4.78, 5) is 14.1. The highest BCUT2D eigenvalue weighted by Gasteiger charge is 2.34. The number of hydrogen-bond acceptors (Lipinski definition) is 3. The average molecular weight is 225 g/mol. The largest absolute Gasteiger partial charge is 0.340 e. The van der Waals surface area contributed by atoms with E-state index < -0.39 is 0 Å². The van der Waals surface area contributed by atoms with Gasteiger partial charge in [0.15, 0.2) is 0 Å². The first-order valence-corrected chi connectivity index (χ1v) is 6.35. The van der Waals surface area contributed by atoms with Gasteiger partial charge >= 0.3 is 0 Å². The van der Waals surface area contributed by atoms with E-state index in [0.717, 1.165) is 19.6 Å². The number of rotatable bonds is 2. The van der Waals surface area contributed by atoms with Crippen molar-refractivity contribution in [2.45, 2.75) is 38.8 Å². The van der Waals surface area contributed by atoms with Gasteiger partial charge in [0.2, 0.25) is 5.91 Å². The summed E-state index contributed by atoms with van der Waals surface area (Å²) in [5.74, 6) is 1.04. The van der Waals surface area contributed by atoms with Crippen LogP contribution in [-0.4, -0.2) is 42.5 Å². The Kier molecular flexibility index (Phi) is 3.50. The van der Waals surface area contributed by atoms with Crippen molar-refractivity contribution in [3.8, 4) is 0 Å². The molecule has 2 aliphatic rings. The first-order valence-electron chi connectivity index (χ1n) is 6.35. The molecule has 2 aliphatic heterocycles. The smallest absolute Gasteiger partial charge is 0.239 e. The van der Waals surface area contributed by atoms with Crippen LogP contribution < -0.4 is 11.1 Å². The number of piperidine rings is 2. The number of amides is 1. The maximum Gasteiger partial charge on any atom is 0.239 e. The minimum absolute atomic E-state index is 0.133. The lowest BCUT2D eigenvalue weighted by Crippen LogP contribution is -2.58. The van der Waals surface area contributed by atoms with Crippen molar-refractivity contribution in [1.82, 2.24) is 10.2 Å². The lowest BCUT2D eigenvalue weighted by Gasteiger charge is -2.42. The number of likely N-dealkylation sites (tertiary alicyclic amines) is 1. The summed E-state index contributed by atoms with van der Waals surface area (Å²) in [5, 5.41) is 3.47. The van der Waals surface area contributed by atoms with Crippen LogP contribution >= 0.6 is 0 Å². The van der Waals surface area contributed by atoms with Crippen LogP contribution in [0.4, 0.5) is 0 Å². The molecule has 2 fully saturated rings. The Morgan fingerprint density at radius 1 is 1.44 bits per heavy atom. The Morgan fingerprint density at radius 3 is 2.81 bits per heavy atom. The molecule has 4 nitrogen and oxygen atoms in total. The first-order chi connectivity index (χ1) is 7.58. The van der Waals surface area contributed by atoms with Gasteiger partial charge in [0.05, 0.1) is 6.04 Å². The first kappa shape index (κ1) is 11.9. The summed E-state index contributed by atoms with van der Waals surface area (Å²) in [6.45, 7) is 6.87. The average Bonchev–Trinajstić information content (AvgIpc) is 2.26. The molecule has 92 valence electrons. The molecule has 16 heavy (non-hydrogen) atoms. The summed E-state index contributed by atoms with van der Waals surface area (Å²) in [5.41, 5.74) is 5.93. The van der Waals surface area contributed by atoms with Crippen LogP contribution in [0, 0.1) is 11.8 Å². The SMILES string of the molecule is CC(C)[C@H](N)C(=O)N1CC2CCNC(C2)C1. The van der Waals surface area contributed by atoms with E-state index in [9.17, 15) is 4.79 Å². The normalized spacial score (nSPS) is 31.6. The number of fused-ring (bicyclic) bond motifs is 2. The highest BCUT2D eigenvalue weighted by molar-refractivity contribution is 5.82. The minimum Gasteiger partial charge on any atom is -0.340 e. The summed E-state index contributed by atoms with van der Waals surface area (Å²) in [6.07, 6.45) is 2.41. The zero-order valence-electron chi connectivity index (χ0n) is 10.3. The van der Waals surface area contributed by atoms with Crippen molar-refractivity contribution in [3.05, 3.63) is 0 Å². The second-order valence-electron chi connectivity index (χ2n) is 5.55. The fraction of sp³-hybridized carbons (Fsp3) is 0.917. The quantitative estimate of drug-likeness (QED) is 0.705. The molecule has 1 amide bonds. The Balaban J connectivity index is 1.97. The molecule has 0 aliphatic carbocycles. The van der Waals surface area contributed by atoms with Crippen LogP contribution in [0.15, 0.2) is 0 Å². The number of nitrogens with zero attached hydrogens (tertiary/aromatic N) is 1. The Morgan fingerprint density at radius 2 is 2.19 bits per heavy atom. The summed E-state index contributed by atoms with van der Waals surface area (Å²) < 4.78 is 0. The zero-order valence-corrected chi connectivity index (χ0v) is 10.3. The fourth-order valence-corrected chi connectivity index (χ4v) is 2.73. The molecule has 2 heterocycles. The minimum atomic E-state index is -0.334. The standard InChI is InChI=1S/C12H23N3O/c1-8(2)11(13)12(16)15-6-9-3-4-14-10(5-9)7-15/h8-11,14H,3-7,13H2,1-2H3/t9?,10?,11-/m0/s1. The van der Waals surface area contributed by atoms with Gasteiger partial charge in [-0.2, -0.15) is 0 Å². The van der Waals surface area contributed by atoms with E-state index >= 15 is 0 Å². The number of carbonyl (C=O) groups excluding carboxylic acids is 1. The third kappa shape index (κ3) is 2.38. The van der Waals surface area contributed by atoms with E-state index in [1.54, 1.807) is 0 Å². The number of nitrogens with two attached hydrogens (primary N) is 1. The summed E-state index contributed by atoms with van der Waals surface area (Å²) in [6, 6.07) is 0.162. The maximum atomic E-state index is 12.1. The van der Waals surface area contributed by atoms with Crippen LogP contribution in [0.25, 0.3) is 0 Å². The van der Waals surface area contributed by atoms with Crippen molar-refractivity contribution >= 4 is 5.91 Å². The molecule has 2 bridgehead atoms. The Labute approximate surface area is 97.6 Å². The van der Waals surface area contributed by atoms with E-state index in [2.05, 4.69) is 5.32 Å². The van der Waals surface area contributed by atoms with Gasteiger partial charge < -0.3 is 16.0 Å². The van der Waals surface area contributed by atoms with Crippen LogP contribution in [0.5, 0.6) is 0 Å². The van der Waals surface area contributed by atoms with Crippen molar-refractivity contribution < 1.29 is 4.79 Å². The predicted molar refractivity (Wildman–Crippen MR) is 63.9 cm³/mol. The molecular weight excluding hydrogens is 202 g/mol. The van der Waals surface area contributed by atoms with Crippen molar-refractivity contribution in [2.24, 2.45) is 17.6 Å². The lowest BCUT2D eigenvalue weighted by molar-refractivity contribution is -0.136. The van der Waals surface area contributed by atoms with E-state index in [1.807, 2.05) is 18.7 Å². The van der Waals surface area contributed by atoms with Crippen LogP contribution in [0.2, 0.25) is 0 Å². The number of hydrogen-bond donors (Lipinski definition) is 2. The number of nitrogens with one attached hydrogen (secondary N) is 1. The molecular formula is C12H23N3O. The fourth-order valence-electron chi connectivity index (χ4n) is 2.73. The van der Waals surface area contributed by atoms with Gasteiger partial charge in [-0.25, -0.2) is 0 Å². The van der Waals surface area contributed by atoms with Gasteiger partial charge in [-0.3, -0.25) is 4.79 Å². The highest BCUT2D eigenvalue weighted by atomic mass is 16.2. The van der Waals surface area contributed by atoms with Crippen molar-refractivity contribution in [2.75, 3.05) is 19.6 Å². The molecule has 3 N–H and O–H groups in total. The second-order valence-corrected chi connectivity index (χ2v) is 5.55. The van der Waals surface area contributed by atoms with Gasteiger partial charge in [0.25, 0.3) is 0 Å². The van der Waals surface area contributed by atoms with Gasteiger partial charge in [0.1, 0.15) is 0 Å². The van der Waals surface area contributed by atoms with Gasteiger partial charge in [0, 0.05) is 19.1 Å². The number of carbonyl (C=O) groups is 1. The molecule has 0 aromatic heterocycles. The van der Waals surface area contributed by atoms with Crippen LogP contribution in [0.3, 0.4) is 0 Å². The summed E-state index contributed by atoms with van der Waals surface area (Å²) >= 11 is 0. The third-order valence-electron chi connectivity index (χ3n) is 3.84. The predicted octanol–water partition coefficient (Wildman–Crippen LogP) is 0.180. The van der Waals surface area contributed by atoms with Gasteiger partial charge in [-0.1, -0.05) is 13.8 Å². The Bertz CT molecular complexity index is 255. The van der Waals surface area contributed by atoms with Crippen molar-refractivity contribution in [1.29, 1.82) is 0 Å². The Hall–Kier alpha value is -0.610. The molecule has 0 radical (unpaired) electrons. The molecule has 2 rings (SSSR count). The molecule has 0 aromatic carbocycles. The third-order valence-corrected chi connectivity index (χ3v) is 3.84. The van der Waals surface area contributed by atoms with Gasteiger partial charge in [-0.05, 0) is 31.2 Å². The second kappa shape index (κ2) is 4.72. The summed E-state index contributed by atoms with van der Waals surface area (Å²) in [7, 11) is 0. The van der Waals surface area contributed by atoms with E-state index in [1.165, 1.54) is 12.8 Å². The van der Waals surface area contributed by atoms with E-state index in [4.69, 9.17) is 5.73 Å². The lowest BCUT2D eigenvalue weighted by atomic mass is 9.87. The molecule has 0 saturated carbocycles. The van der Waals surface area contributed by atoms with Crippen LogP contribution in [-0.2, 0) is 4.79 Å². The van der Waals surface area contributed by atoms with Crippen molar-refractivity contribution in [3.63, 3.8) is 0 Å². The van der Waals surface area contributed by atoms with E-state index in [-0.39, 0.29) is 17.9 Å². The molecule has 3 atom stereocenters. The van der Waals surface area contributed by atoms with Gasteiger partial charge in [-0.15, -0.1) is 0 Å².